The van der Waals surface area contributed by atoms with Crippen molar-refractivity contribution in [2.45, 2.75) is 65.2 Å². The summed E-state index contributed by atoms with van der Waals surface area (Å²) in [7, 11) is 0. The average molecular weight is 232 g/mol. The van der Waals surface area contributed by atoms with Crippen LogP contribution in [-0.2, 0) is 9.47 Å². The summed E-state index contributed by atoms with van der Waals surface area (Å²) in [4.78, 5) is 0. The van der Waals surface area contributed by atoms with E-state index >= 15 is 0 Å². The first-order valence-electron chi connectivity index (χ1n) is 6.49. The van der Waals surface area contributed by atoms with Crippen LogP contribution in [0.2, 0.25) is 0 Å². The van der Waals surface area contributed by atoms with Crippen LogP contribution in [0.1, 0.15) is 52.9 Å². The van der Waals surface area contributed by atoms with Gasteiger partial charge in [-0.1, -0.05) is 32.6 Å². The van der Waals surface area contributed by atoms with Crippen LogP contribution in [0, 0.1) is 0 Å². The molecule has 0 aliphatic carbocycles. The van der Waals surface area contributed by atoms with E-state index in [4.69, 9.17) is 15.3 Å². The second-order valence-electron chi connectivity index (χ2n) is 3.90. The first kappa shape index (κ1) is 15.8. The number of nitrogens with one attached hydrogen (secondary N) is 1. The van der Waals surface area contributed by atoms with E-state index in [0.717, 1.165) is 6.42 Å². The van der Waals surface area contributed by atoms with Crippen molar-refractivity contribution in [2.24, 2.45) is 5.84 Å². The fraction of sp³-hybridized carbons (Fsp3) is 1.00. The smallest absolute Gasteiger partial charge is 0.173 e. The van der Waals surface area contributed by atoms with Crippen LogP contribution in [0.4, 0.5) is 0 Å². The molecule has 0 radical (unpaired) electrons. The molecule has 0 amide bonds. The average Bonchev–Trinajstić information content (AvgIpc) is 2.29. The van der Waals surface area contributed by atoms with Crippen molar-refractivity contribution in [1.29, 1.82) is 0 Å². The van der Waals surface area contributed by atoms with E-state index < -0.39 is 0 Å². The minimum atomic E-state index is -0.221. The summed E-state index contributed by atoms with van der Waals surface area (Å²) >= 11 is 0. The molecule has 1 unspecified atom stereocenters. The molecule has 0 aliphatic rings. The van der Waals surface area contributed by atoms with Gasteiger partial charge in [0, 0.05) is 13.2 Å². The summed E-state index contributed by atoms with van der Waals surface area (Å²) in [6.07, 6.45) is 5.73. The fourth-order valence-corrected chi connectivity index (χ4v) is 1.70. The third-order valence-corrected chi connectivity index (χ3v) is 2.57. The zero-order valence-corrected chi connectivity index (χ0v) is 11.0. The molecular formula is C12H28N2O2. The Bertz CT molecular complexity index is 139. The molecule has 0 rings (SSSR count). The van der Waals surface area contributed by atoms with Gasteiger partial charge >= 0.3 is 0 Å². The van der Waals surface area contributed by atoms with E-state index in [1.54, 1.807) is 0 Å². The highest BCUT2D eigenvalue weighted by Gasteiger charge is 2.20. The third-order valence-electron chi connectivity index (χ3n) is 2.57. The lowest BCUT2D eigenvalue weighted by Gasteiger charge is -2.26. The molecule has 0 aromatic rings. The molecule has 3 N–H and O–H groups in total. The summed E-state index contributed by atoms with van der Waals surface area (Å²) in [5.74, 6) is 5.54. The van der Waals surface area contributed by atoms with Crippen LogP contribution in [0.15, 0.2) is 0 Å². The number of hydrogen-bond acceptors (Lipinski definition) is 4. The SMILES string of the molecule is CCCCCCC(NN)C(OCC)OCC. The lowest BCUT2D eigenvalue weighted by atomic mass is 10.1. The molecule has 98 valence electrons. The number of rotatable bonds is 11. The monoisotopic (exact) mass is 232 g/mol. The fourth-order valence-electron chi connectivity index (χ4n) is 1.70. The van der Waals surface area contributed by atoms with Crippen LogP contribution in [0.25, 0.3) is 0 Å². The largest absolute Gasteiger partial charge is 0.351 e. The molecule has 0 aliphatic heterocycles. The van der Waals surface area contributed by atoms with E-state index in [-0.39, 0.29) is 12.3 Å². The molecule has 0 aromatic heterocycles. The number of nitrogens with two attached hydrogens (primary N) is 1. The Morgan fingerprint density at radius 3 is 2.06 bits per heavy atom. The topological polar surface area (TPSA) is 56.5 Å². The lowest BCUT2D eigenvalue weighted by Crippen LogP contribution is -2.46. The van der Waals surface area contributed by atoms with Gasteiger partial charge < -0.3 is 9.47 Å². The van der Waals surface area contributed by atoms with Gasteiger partial charge in [-0.3, -0.25) is 11.3 Å². The molecule has 4 nitrogen and oxygen atoms in total. The standard InChI is InChI=1S/C12H28N2O2/c1-4-7-8-9-10-11(14-13)12(15-5-2)16-6-3/h11-12,14H,4-10,13H2,1-3H3. The predicted molar refractivity (Wildman–Crippen MR) is 66.9 cm³/mol. The van der Waals surface area contributed by atoms with E-state index in [1.807, 2.05) is 13.8 Å². The first-order chi connectivity index (χ1) is 7.79. The summed E-state index contributed by atoms with van der Waals surface area (Å²) in [6.45, 7) is 7.45. The van der Waals surface area contributed by atoms with Gasteiger partial charge in [0.1, 0.15) is 0 Å². The van der Waals surface area contributed by atoms with Crippen molar-refractivity contribution >= 4 is 0 Å². The molecule has 16 heavy (non-hydrogen) atoms. The molecule has 0 aromatic carbocycles. The molecule has 4 heteroatoms. The van der Waals surface area contributed by atoms with Crippen molar-refractivity contribution in [3.05, 3.63) is 0 Å². The summed E-state index contributed by atoms with van der Waals surface area (Å²) < 4.78 is 11.1. The zero-order valence-electron chi connectivity index (χ0n) is 11.0. The van der Waals surface area contributed by atoms with Crippen molar-refractivity contribution < 1.29 is 9.47 Å². The molecule has 0 bridgehead atoms. The van der Waals surface area contributed by atoms with Crippen LogP contribution in [0.5, 0.6) is 0 Å². The predicted octanol–water partition coefficient (Wildman–Crippen LogP) is 2.19. The second kappa shape index (κ2) is 11.3. The first-order valence-corrected chi connectivity index (χ1v) is 6.49. The summed E-state index contributed by atoms with van der Waals surface area (Å²) in [6, 6.07) is 0.0942. The van der Waals surface area contributed by atoms with Gasteiger partial charge in [-0.15, -0.1) is 0 Å². The second-order valence-corrected chi connectivity index (χ2v) is 3.90. The highest BCUT2D eigenvalue weighted by molar-refractivity contribution is 4.68. The van der Waals surface area contributed by atoms with Gasteiger partial charge in [-0.25, -0.2) is 0 Å². The Balaban J connectivity index is 3.89. The molecule has 1 atom stereocenters. The quantitative estimate of drug-likeness (QED) is 0.248. The Morgan fingerprint density at radius 1 is 1.00 bits per heavy atom. The maximum atomic E-state index is 5.54. The molecule has 0 saturated heterocycles. The third kappa shape index (κ3) is 7.17. The van der Waals surface area contributed by atoms with Gasteiger partial charge in [-0.2, -0.15) is 0 Å². The molecule has 0 fully saturated rings. The van der Waals surface area contributed by atoms with Crippen molar-refractivity contribution in [1.82, 2.24) is 5.43 Å². The van der Waals surface area contributed by atoms with Gasteiger partial charge in [0.15, 0.2) is 6.29 Å². The van der Waals surface area contributed by atoms with Crippen molar-refractivity contribution in [3.63, 3.8) is 0 Å². The van der Waals surface area contributed by atoms with Crippen LogP contribution in [-0.4, -0.2) is 25.5 Å². The normalized spacial score (nSPS) is 13.3. The number of hydrogen-bond donors (Lipinski definition) is 2. The molecule has 0 heterocycles. The zero-order chi connectivity index (χ0) is 12.2. The highest BCUT2D eigenvalue weighted by Crippen LogP contribution is 2.11. The van der Waals surface area contributed by atoms with Gasteiger partial charge in [-0.05, 0) is 20.3 Å². The Labute approximate surface area is 99.8 Å². The maximum Gasteiger partial charge on any atom is 0.173 e. The minimum Gasteiger partial charge on any atom is -0.351 e. The van der Waals surface area contributed by atoms with E-state index in [2.05, 4.69) is 12.3 Å². The van der Waals surface area contributed by atoms with Gasteiger partial charge in [0.2, 0.25) is 0 Å². The molecular weight excluding hydrogens is 204 g/mol. The molecule has 0 spiro atoms. The van der Waals surface area contributed by atoms with E-state index in [0.29, 0.717) is 13.2 Å². The van der Waals surface area contributed by atoms with E-state index in [9.17, 15) is 0 Å². The number of ether oxygens (including phenoxy) is 2. The Morgan fingerprint density at radius 2 is 1.62 bits per heavy atom. The summed E-state index contributed by atoms with van der Waals surface area (Å²) in [5.41, 5.74) is 2.80. The lowest BCUT2D eigenvalue weighted by molar-refractivity contribution is -0.155. The minimum absolute atomic E-state index is 0.0942. The number of unbranched alkanes of at least 4 members (excludes halogenated alkanes) is 3. The van der Waals surface area contributed by atoms with E-state index in [1.165, 1.54) is 25.7 Å². The Kier molecular flexibility index (Phi) is 11.2. The van der Waals surface area contributed by atoms with Crippen molar-refractivity contribution in [2.75, 3.05) is 13.2 Å². The van der Waals surface area contributed by atoms with Crippen LogP contribution >= 0.6 is 0 Å². The maximum absolute atomic E-state index is 5.54. The van der Waals surface area contributed by atoms with Crippen LogP contribution < -0.4 is 11.3 Å². The highest BCUT2D eigenvalue weighted by atomic mass is 16.7. The van der Waals surface area contributed by atoms with Crippen LogP contribution in [0.3, 0.4) is 0 Å². The number of hydrazine groups is 1. The van der Waals surface area contributed by atoms with Gasteiger partial charge in [0.25, 0.3) is 0 Å². The van der Waals surface area contributed by atoms with Gasteiger partial charge in [0.05, 0.1) is 6.04 Å². The van der Waals surface area contributed by atoms with Crippen molar-refractivity contribution in [3.8, 4) is 0 Å². The Hall–Kier alpha value is -0.160. The molecule has 0 saturated carbocycles. The summed E-state index contributed by atoms with van der Waals surface area (Å²) in [5, 5.41) is 0.